The maximum atomic E-state index is 13.2. The van der Waals surface area contributed by atoms with Gasteiger partial charge in [0.25, 0.3) is 0 Å². The SMILES string of the molecule is CC(C)(C)OC(=O)NC1CCCCC1CC(=O)c1ccc2nc(N3CCCCC3)ccc2c1. The lowest BCUT2D eigenvalue weighted by atomic mass is 9.80. The second kappa shape index (κ2) is 10.1. The average molecular weight is 452 g/mol. The Kier molecular flexibility index (Phi) is 7.20. The molecule has 0 bridgehead atoms. The number of aromatic nitrogens is 1. The van der Waals surface area contributed by atoms with Crippen LogP contribution in [0, 0.1) is 5.92 Å². The highest BCUT2D eigenvalue weighted by atomic mass is 16.6. The Hall–Kier alpha value is -2.63. The minimum Gasteiger partial charge on any atom is -0.444 e. The second-order valence-electron chi connectivity index (χ2n) is 10.5. The molecule has 6 nitrogen and oxygen atoms in total. The average Bonchev–Trinajstić information content (AvgIpc) is 2.79. The molecule has 4 rings (SSSR count). The van der Waals surface area contributed by atoms with Crippen molar-refractivity contribution in [3.05, 3.63) is 35.9 Å². The predicted molar refractivity (Wildman–Crippen MR) is 132 cm³/mol. The number of amides is 1. The lowest BCUT2D eigenvalue weighted by Crippen LogP contribution is -2.45. The van der Waals surface area contributed by atoms with Gasteiger partial charge in [-0.15, -0.1) is 0 Å². The summed E-state index contributed by atoms with van der Waals surface area (Å²) in [6, 6.07) is 9.96. The molecule has 0 spiro atoms. The fraction of sp³-hybridized carbons (Fsp3) is 0.593. The van der Waals surface area contributed by atoms with Gasteiger partial charge in [0.15, 0.2) is 5.78 Å². The van der Waals surface area contributed by atoms with Crippen molar-refractivity contribution in [3.8, 4) is 0 Å². The van der Waals surface area contributed by atoms with Crippen LogP contribution in [-0.4, -0.2) is 41.6 Å². The van der Waals surface area contributed by atoms with Crippen LogP contribution in [-0.2, 0) is 4.74 Å². The van der Waals surface area contributed by atoms with E-state index >= 15 is 0 Å². The molecule has 1 aliphatic heterocycles. The van der Waals surface area contributed by atoms with E-state index in [1.807, 2.05) is 39.0 Å². The summed E-state index contributed by atoms with van der Waals surface area (Å²) >= 11 is 0. The number of benzene rings is 1. The number of carbonyl (C=O) groups is 2. The molecule has 178 valence electrons. The molecule has 1 aromatic heterocycles. The number of hydrogen-bond acceptors (Lipinski definition) is 5. The number of alkyl carbamates (subject to hydrolysis) is 1. The second-order valence-corrected chi connectivity index (χ2v) is 10.5. The van der Waals surface area contributed by atoms with E-state index in [1.54, 1.807) is 0 Å². The zero-order chi connectivity index (χ0) is 23.4. The first-order valence-corrected chi connectivity index (χ1v) is 12.5. The number of ether oxygens (including phenoxy) is 1. The normalized spacial score (nSPS) is 21.6. The van der Waals surface area contributed by atoms with Gasteiger partial charge in [-0.1, -0.05) is 12.8 Å². The Labute approximate surface area is 197 Å². The van der Waals surface area contributed by atoms with E-state index in [0.29, 0.717) is 6.42 Å². The van der Waals surface area contributed by atoms with Crippen LogP contribution in [0.25, 0.3) is 10.9 Å². The first-order chi connectivity index (χ1) is 15.8. The van der Waals surface area contributed by atoms with Crippen molar-refractivity contribution in [2.24, 2.45) is 5.92 Å². The number of rotatable bonds is 5. The third kappa shape index (κ3) is 6.24. The monoisotopic (exact) mass is 451 g/mol. The van der Waals surface area contributed by atoms with E-state index in [9.17, 15) is 9.59 Å². The molecule has 1 saturated heterocycles. The van der Waals surface area contributed by atoms with Crippen molar-refractivity contribution in [1.29, 1.82) is 0 Å². The van der Waals surface area contributed by atoms with Gasteiger partial charge in [-0.2, -0.15) is 0 Å². The van der Waals surface area contributed by atoms with Crippen LogP contribution in [0.2, 0.25) is 0 Å². The molecule has 2 fully saturated rings. The van der Waals surface area contributed by atoms with Gasteiger partial charge in [0.1, 0.15) is 11.4 Å². The summed E-state index contributed by atoms with van der Waals surface area (Å²) in [7, 11) is 0. The minimum absolute atomic E-state index is 0.0215. The van der Waals surface area contributed by atoms with Crippen molar-refractivity contribution in [1.82, 2.24) is 10.3 Å². The van der Waals surface area contributed by atoms with E-state index in [1.165, 1.54) is 19.3 Å². The van der Waals surface area contributed by atoms with Gasteiger partial charge in [-0.25, -0.2) is 9.78 Å². The van der Waals surface area contributed by atoms with Crippen LogP contribution >= 0.6 is 0 Å². The van der Waals surface area contributed by atoms with Gasteiger partial charge in [0, 0.05) is 36.5 Å². The molecule has 1 aromatic carbocycles. The molecule has 1 saturated carbocycles. The molecule has 2 atom stereocenters. The number of anilines is 1. The van der Waals surface area contributed by atoms with E-state index in [0.717, 1.165) is 61.1 Å². The maximum absolute atomic E-state index is 13.2. The molecular weight excluding hydrogens is 414 g/mol. The smallest absolute Gasteiger partial charge is 0.407 e. The van der Waals surface area contributed by atoms with Gasteiger partial charge in [0.05, 0.1) is 5.52 Å². The quantitative estimate of drug-likeness (QED) is 0.575. The number of fused-ring (bicyclic) bond motifs is 1. The number of Topliss-reactive ketones (excluding diaryl/α,β-unsaturated/α-hetero) is 1. The standard InChI is InChI=1S/C27H37N3O3/c1-27(2,3)33-26(32)29-22-10-6-5-9-19(22)18-24(31)21-11-13-23-20(17-21)12-14-25(28-23)30-15-7-4-8-16-30/h11-14,17,19,22H,4-10,15-16,18H2,1-3H3,(H,29,32). The number of piperidine rings is 1. The molecule has 33 heavy (non-hydrogen) atoms. The lowest BCUT2D eigenvalue weighted by molar-refractivity contribution is 0.0462. The predicted octanol–water partition coefficient (Wildman–Crippen LogP) is 5.88. The summed E-state index contributed by atoms with van der Waals surface area (Å²) in [5.74, 6) is 1.29. The van der Waals surface area contributed by atoms with Gasteiger partial charge in [-0.05, 0) is 89.1 Å². The van der Waals surface area contributed by atoms with Gasteiger partial charge < -0.3 is 15.0 Å². The van der Waals surface area contributed by atoms with Crippen LogP contribution in [0.1, 0.15) is 82.5 Å². The molecule has 1 N–H and O–H groups in total. The van der Waals surface area contributed by atoms with Crippen LogP contribution in [0.3, 0.4) is 0 Å². The Bertz CT molecular complexity index is 992. The summed E-state index contributed by atoms with van der Waals surface area (Å²) in [4.78, 5) is 32.6. The zero-order valence-corrected chi connectivity index (χ0v) is 20.2. The molecule has 2 heterocycles. The van der Waals surface area contributed by atoms with Crippen molar-refractivity contribution < 1.29 is 14.3 Å². The summed E-state index contributed by atoms with van der Waals surface area (Å²) < 4.78 is 5.43. The number of nitrogens with one attached hydrogen (secondary N) is 1. The molecule has 2 aliphatic rings. The third-order valence-electron chi connectivity index (χ3n) is 6.74. The Balaban J connectivity index is 1.42. The highest BCUT2D eigenvalue weighted by molar-refractivity contribution is 5.99. The largest absolute Gasteiger partial charge is 0.444 e. The van der Waals surface area contributed by atoms with Crippen molar-refractivity contribution >= 4 is 28.6 Å². The van der Waals surface area contributed by atoms with Crippen molar-refractivity contribution in [2.75, 3.05) is 18.0 Å². The highest BCUT2D eigenvalue weighted by Crippen LogP contribution is 2.29. The topological polar surface area (TPSA) is 71.5 Å². The molecule has 1 aliphatic carbocycles. The summed E-state index contributed by atoms with van der Waals surface area (Å²) in [5.41, 5.74) is 1.12. The maximum Gasteiger partial charge on any atom is 0.407 e. The first kappa shape index (κ1) is 23.5. The van der Waals surface area contributed by atoms with E-state index in [4.69, 9.17) is 9.72 Å². The van der Waals surface area contributed by atoms with Gasteiger partial charge >= 0.3 is 6.09 Å². The number of ketones is 1. The molecule has 0 radical (unpaired) electrons. The fourth-order valence-electron chi connectivity index (χ4n) is 5.04. The first-order valence-electron chi connectivity index (χ1n) is 12.5. The fourth-order valence-corrected chi connectivity index (χ4v) is 5.04. The van der Waals surface area contributed by atoms with Crippen molar-refractivity contribution in [3.63, 3.8) is 0 Å². The number of hydrogen-bond donors (Lipinski definition) is 1. The highest BCUT2D eigenvalue weighted by Gasteiger charge is 2.30. The molecule has 2 unspecified atom stereocenters. The summed E-state index contributed by atoms with van der Waals surface area (Å²) in [6.07, 6.45) is 7.76. The van der Waals surface area contributed by atoms with Crippen LogP contribution in [0.15, 0.2) is 30.3 Å². The van der Waals surface area contributed by atoms with E-state index < -0.39 is 11.7 Å². The Morgan fingerprint density at radius 1 is 1.03 bits per heavy atom. The number of nitrogens with zero attached hydrogens (tertiary/aromatic N) is 2. The Morgan fingerprint density at radius 2 is 1.79 bits per heavy atom. The summed E-state index contributed by atoms with van der Waals surface area (Å²) in [5, 5.41) is 4.02. The molecule has 6 heteroatoms. The van der Waals surface area contributed by atoms with Crippen LogP contribution in [0.4, 0.5) is 10.6 Å². The molecule has 2 aromatic rings. The minimum atomic E-state index is -0.531. The lowest BCUT2D eigenvalue weighted by Gasteiger charge is -2.32. The van der Waals surface area contributed by atoms with E-state index in [-0.39, 0.29) is 17.7 Å². The van der Waals surface area contributed by atoms with Crippen LogP contribution in [0.5, 0.6) is 0 Å². The number of carbonyl (C=O) groups excluding carboxylic acids is 2. The summed E-state index contributed by atoms with van der Waals surface area (Å²) in [6.45, 7) is 7.71. The zero-order valence-electron chi connectivity index (χ0n) is 20.2. The molecular formula is C27H37N3O3. The third-order valence-corrected chi connectivity index (χ3v) is 6.74. The van der Waals surface area contributed by atoms with Gasteiger partial charge in [0.2, 0.25) is 0 Å². The number of pyridine rings is 1. The van der Waals surface area contributed by atoms with Crippen molar-refractivity contribution in [2.45, 2.75) is 83.8 Å². The molecule has 1 amide bonds. The van der Waals surface area contributed by atoms with E-state index in [2.05, 4.69) is 22.3 Å². The Morgan fingerprint density at radius 3 is 2.55 bits per heavy atom. The van der Waals surface area contributed by atoms with Gasteiger partial charge in [-0.3, -0.25) is 4.79 Å². The van der Waals surface area contributed by atoms with Crippen LogP contribution < -0.4 is 10.2 Å².